The molecule has 0 saturated heterocycles. The number of aromatic nitrogens is 3. The number of hydrogen-bond donors (Lipinski definition) is 2. The summed E-state index contributed by atoms with van der Waals surface area (Å²) in [6, 6.07) is 8.73. The van der Waals surface area contributed by atoms with E-state index in [1.54, 1.807) is 24.3 Å². The maximum Gasteiger partial charge on any atom is 0.253 e. The van der Waals surface area contributed by atoms with Crippen LogP contribution in [0.2, 0.25) is 5.02 Å². The molecule has 0 bridgehead atoms. The Morgan fingerprint density at radius 1 is 1.35 bits per heavy atom. The van der Waals surface area contributed by atoms with Gasteiger partial charge in [-0.1, -0.05) is 11.6 Å². The van der Waals surface area contributed by atoms with E-state index >= 15 is 0 Å². The summed E-state index contributed by atoms with van der Waals surface area (Å²) in [5.41, 5.74) is 2.14. The highest BCUT2D eigenvalue weighted by molar-refractivity contribution is 6.31. The highest BCUT2D eigenvalue weighted by Crippen LogP contribution is 2.26. The average Bonchev–Trinajstić information content (AvgIpc) is 3.12. The fourth-order valence-corrected chi connectivity index (χ4v) is 3.02. The molecule has 128 valence electrons. The lowest BCUT2D eigenvalue weighted by atomic mass is 10.1. The molecular formula is C18H12ClN5O2. The van der Waals surface area contributed by atoms with Gasteiger partial charge in [-0.3, -0.25) is 4.79 Å². The van der Waals surface area contributed by atoms with E-state index in [4.69, 9.17) is 21.3 Å². The molecule has 4 rings (SSSR count). The Labute approximate surface area is 152 Å². The molecule has 0 aliphatic rings. The van der Waals surface area contributed by atoms with Crippen molar-refractivity contribution in [1.82, 2.24) is 15.0 Å². The van der Waals surface area contributed by atoms with Crippen LogP contribution < -0.4 is 10.9 Å². The molecule has 1 atom stereocenters. The summed E-state index contributed by atoms with van der Waals surface area (Å²) in [5, 5.41) is 13.7. The van der Waals surface area contributed by atoms with Crippen LogP contribution in [0.25, 0.3) is 22.0 Å². The van der Waals surface area contributed by atoms with Gasteiger partial charge in [-0.2, -0.15) is 5.26 Å². The quantitative estimate of drug-likeness (QED) is 0.572. The molecule has 8 heteroatoms. The molecule has 26 heavy (non-hydrogen) atoms. The minimum atomic E-state index is -0.359. The first-order valence-corrected chi connectivity index (χ1v) is 8.16. The average molecular weight is 366 g/mol. The van der Waals surface area contributed by atoms with Crippen molar-refractivity contribution in [3.05, 3.63) is 63.4 Å². The molecule has 3 aromatic heterocycles. The normalized spacial score (nSPS) is 12.2. The number of nitriles is 1. The molecule has 4 aromatic rings. The van der Waals surface area contributed by atoms with Gasteiger partial charge in [0, 0.05) is 21.5 Å². The van der Waals surface area contributed by atoms with Crippen LogP contribution >= 0.6 is 11.6 Å². The van der Waals surface area contributed by atoms with Crippen molar-refractivity contribution in [1.29, 1.82) is 5.26 Å². The van der Waals surface area contributed by atoms with Crippen molar-refractivity contribution >= 4 is 39.4 Å². The van der Waals surface area contributed by atoms with Gasteiger partial charge in [0.1, 0.15) is 11.6 Å². The second-order valence-corrected chi connectivity index (χ2v) is 6.25. The first-order chi connectivity index (χ1) is 12.6. The molecule has 0 aliphatic heterocycles. The Morgan fingerprint density at radius 3 is 3.00 bits per heavy atom. The number of nitrogens with zero attached hydrogens (tertiary/aromatic N) is 3. The highest BCUT2D eigenvalue weighted by Gasteiger charge is 2.16. The Morgan fingerprint density at radius 2 is 2.19 bits per heavy atom. The predicted molar refractivity (Wildman–Crippen MR) is 98.1 cm³/mol. The van der Waals surface area contributed by atoms with Crippen LogP contribution in [0.15, 0.2) is 46.1 Å². The Hall–Kier alpha value is -3.37. The minimum Gasteiger partial charge on any atom is -0.442 e. The number of aromatic amines is 1. The van der Waals surface area contributed by atoms with Crippen molar-refractivity contribution in [2.45, 2.75) is 13.0 Å². The zero-order valence-corrected chi connectivity index (χ0v) is 14.3. The SMILES string of the molecule is C[C@H](Nc1ncc(C#N)c2ocnc12)c1cc2cc(Cl)ccc2[nH]c1=O. The van der Waals surface area contributed by atoms with Crippen molar-refractivity contribution < 1.29 is 4.42 Å². The van der Waals surface area contributed by atoms with Crippen molar-refractivity contribution in [2.75, 3.05) is 5.32 Å². The van der Waals surface area contributed by atoms with E-state index in [9.17, 15) is 4.79 Å². The lowest BCUT2D eigenvalue weighted by Gasteiger charge is -2.15. The first-order valence-electron chi connectivity index (χ1n) is 7.78. The number of fused-ring (bicyclic) bond motifs is 2. The number of benzene rings is 1. The Bertz CT molecular complexity index is 1240. The predicted octanol–water partition coefficient (Wildman–Crippen LogP) is 3.76. The van der Waals surface area contributed by atoms with E-state index in [0.717, 1.165) is 5.39 Å². The Kier molecular flexibility index (Phi) is 3.82. The van der Waals surface area contributed by atoms with Crippen LogP contribution in [0, 0.1) is 11.3 Å². The number of pyridine rings is 2. The minimum absolute atomic E-state index is 0.204. The number of anilines is 1. The van der Waals surface area contributed by atoms with Crippen LogP contribution in [0.1, 0.15) is 24.1 Å². The van der Waals surface area contributed by atoms with Crippen LogP contribution in [0.3, 0.4) is 0 Å². The highest BCUT2D eigenvalue weighted by atomic mass is 35.5. The van der Waals surface area contributed by atoms with Gasteiger partial charge in [0.25, 0.3) is 5.56 Å². The van der Waals surface area contributed by atoms with Gasteiger partial charge in [-0.25, -0.2) is 9.97 Å². The second-order valence-electron chi connectivity index (χ2n) is 5.81. The largest absolute Gasteiger partial charge is 0.442 e. The maximum atomic E-state index is 12.4. The zero-order chi connectivity index (χ0) is 18.3. The van der Waals surface area contributed by atoms with Crippen LogP contribution in [0.4, 0.5) is 5.82 Å². The second kappa shape index (κ2) is 6.17. The van der Waals surface area contributed by atoms with E-state index in [1.807, 2.05) is 13.0 Å². The fourth-order valence-electron chi connectivity index (χ4n) is 2.84. The van der Waals surface area contributed by atoms with Crippen molar-refractivity contribution in [2.24, 2.45) is 0 Å². The molecule has 3 heterocycles. The van der Waals surface area contributed by atoms with Gasteiger partial charge >= 0.3 is 0 Å². The van der Waals surface area contributed by atoms with E-state index in [1.165, 1.54) is 12.6 Å². The zero-order valence-electron chi connectivity index (χ0n) is 13.6. The maximum absolute atomic E-state index is 12.4. The van der Waals surface area contributed by atoms with Gasteiger partial charge in [0.15, 0.2) is 23.3 Å². The first kappa shape index (κ1) is 16.1. The summed E-state index contributed by atoms with van der Waals surface area (Å²) >= 11 is 6.04. The molecular weight excluding hydrogens is 354 g/mol. The molecule has 0 amide bonds. The summed E-state index contributed by atoms with van der Waals surface area (Å²) in [7, 11) is 0. The molecule has 0 spiro atoms. The van der Waals surface area contributed by atoms with Gasteiger partial charge in [-0.05, 0) is 31.2 Å². The third kappa shape index (κ3) is 2.66. The molecule has 0 fully saturated rings. The third-order valence-corrected chi connectivity index (χ3v) is 4.37. The number of hydrogen-bond acceptors (Lipinski definition) is 6. The van der Waals surface area contributed by atoms with Gasteiger partial charge in [0.2, 0.25) is 0 Å². The van der Waals surface area contributed by atoms with E-state index in [-0.39, 0.29) is 11.6 Å². The molecule has 2 N–H and O–H groups in total. The monoisotopic (exact) mass is 365 g/mol. The summed E-state index contributed by atoms with van der Waals surface area (Å²) in [4.78, 5) is 23.6. The lowest BCUT2D eigenvalue weighted by Crippen LogP contribution is -2.20. The summed E-state index contributed by atoms with van der Waals surface area (Å²) < 4.78 is 5.27. The van der Waals surface area contributed by atoms with E-state index in [0.29, 0.717) is 38.6 Å². The van der Waals surface area contributed by atoms with Gasteiger partial charge in [0.05, 0.1) is 12.2 Å². The lowest BCUT2D eigenvalue weighted by molar-refractivity contribution is 0.601. The topological polar surface area (TPSA) is 108 Å². The summed E-state index contributed by atoms with van der Waals surface area (Å²) in [5.74, 6) is 0.436. The van der Waals surface area contributed by atoms with Crippen molar-refractivity contribution in [3.63, 3.8) is 0 Å². The standard InChI is InChI=1S/C18H12ClN5O2/c1-9(13-5-10-4-12(19)2-3-14(10)24-18(13)25)23-17-15-16(26-8-22-15)11(6-20)7-21-17/h2-5,7-9H,1H3,(H,21,23)(H,24,25)/t9-/m0/s1. The van der Waals surface area contributed by atoms with E-state index in [2.05, 4.69) is 20.3 Å². The summed E-state index contributed by atoms with van der Waals surface area (Å²) in [6.45, 7) is 1.84. The molecule has 0 saturated carbocycles. The number of H-pyrrole nitrogens is 1. The van der Waals surface area contributed by atoms with Crippen molar-refractivity contribution in [3.8, 4) is 6.07 Å². The van der Waals surface area contributed by atoms with Gasteiger partial charge in [-0.15, -0.1) is 0 Å². The van der Waals surface area contributed by atoms with E-state index < -0.39 is 0 Å². The van der Waals surface area contributed by atoms with Gasteiger partial charge < -0.3 is 14.7 Å². The van der Waals surface area contributed by atoms with Crippen LogP contribution in [0.5, 0.6) is 0 Å². The molecule has 7 nitrogen and oxygen atoms in total. The molecule has 0 aliphatic carbocycles. The smallest absolute Gasteiger partial charge is 0.253 e. The number of oxazole rings is 1. The Balaban J connectivity index is 1.75. The molecule has 1 aromatic carbocycles. The summed E-state index contributed by atoms with van der Waals surface area (Å²) in [6.07, 6.45) is 2.67. The van der Waals surface area contributed by atoms with Crippen LogP contribution in [-0.4, -0.2) is 15.0 Å². The number of halogens is 1. The number of rotatable bonds is 3. The van der Waals surface area contributed by atoms with Crippen LogP contribution in [-0.2, 0) is 0 Å². The third-order valence-electron chi connectivity index (χ3n) is 4.13. The fraction of sp³-hybridized carbons (Fsp3) is 0.111. The number of nitrogens with one attached hydrogen (secondary N) is 2. The molecule has 0 unspecified atom stereocenters. The molecule has 0 radical (unpaired) electrons.